The molecule has 5 nitrogen and oxygen atoms in total. The molecule has 0 bridgehead atoms. The van der Waals surface area contributed by atoms with Crippen molar-refractivity contribution in [1.82, 2.24) is 9.88 Å². The third-order valence-corrected chi connectivity index (χ3v) is 4.97. The third kappa shape index (κ3) is 5.06. The molecule has 0 aliphatic rings. The molecule has 0 saturated heterocycles. The van der Waals surface area contributed by atoms with Gasteiger partial charge in [-0.25, -0.2) is 4.79 Å². The SMILES string of the molecule is Cc1ccc(C)n1-c1ccc(C(=O)OCC(=O)N[C@@H](C)c2ccc(Cl)cc2)cc1. The van der Waals surface area contributed by atoms with Gasteiger partial charge >= 0.3 is 5.97 Å². The highest BCUT2D eigenvalue weighted by Gasteiger charge is 2.14. The lowest BCUT2D eigenvalue weighted by molar-refractivity contribution is -0.124. The van der Waals surface area contributed by atoms with Gasteiger partial charge in [0.15, 0.2) is 6.61 Å². The number of benzene rings is 2. The van der Waals surface area contributed by atoms with Gasteiger partial charge in [-0.15, -0.1) is 0 Å². The molecule has 0 aliphatic heterocycles. The Kier molecular flexibility index (Phi) is 6.39. The van der Waals surface area contributed by atoms with E-state index in [-0.39, 0.29) is 18.6 Å². The Labute approximate surface area is 175 Å². The Morgan fingerprint density at radius 1 is 0.966 bits per heavy atom. The number of nitrogens with one attached hydrogen (secondary N) is 1. The fraction of sp³-hybridized carbons (Fsp3) is 0.217. The number of carbonyl (C=O) groups is 2. The number of aromatic nitrogens is 1. The largest absolute Gasteiger partial charge is 0.452 e. The fourth-order valence-corrected chi connectivity index (χ4v) is 3.28. The highest BCUT2D eigenvalue weighted by molar-refractivity contribution is 6.30. The smallest absolute Gasteiger partial charge is 0.338 e. The molecule has 1 heterocycles. The van der Waals surface area contributed by atoms with E-state index in [4.69, 9.17) is 16.3 Å². The minimum absolute atomic E-state index is 0.217. The normalized spacial score (nSPS) is 11.7. The lowest BCUT2D eigenvalue weighted by atomic mass is 10.1. The van der Waals surface area contributed by atoms with Gasteiger partial charge in [0.25, 0.3) is 5.91 Å². The van der Waals surface area contributed by atoms with Crippen LogP contribution in [-0.2, 0) is 9.53 Å². The van der Waals surface area contributed by atoms with Gasteiger partial charge < -0.3 is 14.6 Å². The summed E-state index contributed by atoms with van der Waals surface area (Å²) in [5, 5.41) is 3.43. The molecule has 6 heteroatoms. The number of amides is 1. The zero-order valence-corrected chi connectivity index (χ0v) is 17.4. The van der Waals surface area contributed by atoms with Crippen LogP contribution in [0, 0.1) is 13.8 Å². The predicted molar refractivity (Wildman–Crippen MR) is 114 cm³/mol. The van der Waals surface area contributed by atoms with Gasteiger partial charge in [0.2, 0.25) is 0 Å². The molecule has 0 fully saturated rings. The summed E-state index contributed by atoms with van der Waals surface area (Å²) in [5.41, 5.74) is 4.51. The Hall–Kier alpha value is -3.05. The molecule has 0 unspecified atom stereocenters. The van der Waals surface area contributed by atoms with Gasteiger partial charge in [0.05, 0.1) is 11.6 Å². The van der Waals surface area contributed by atoms with Crippen LogP contribution in [0.2, 0.25) is 5.02 Å². The van der Waals surface area contributed by atoms with E-state index in [1.165, 1.54) is 0 Å². The summed E-state index contributed by atoms with van der Waals surface area (Å²) in [5.74, 6) is -0.900. The summed E-state index contributed by atoms with van der Waals surface area (Å²) in [7, 11) is 0. The molecule has 1 atom stereocenters. The summed E-state index contributed by atoms with van der Waals surface area (Å²) in [6, 6.07) is 18.2. The molecular weight excluding hydrogens is 388 g/mol. The van der Waals surface area contributed by atoms with Crippen molar-refractivity contribution in [2.45, 2.75) is 26.8 Å². The van der Waals surface area contributed by atoms with Crippen molar-refractivity contribution in [3.8, 4) is 5.69 Å². The average molecular weight is 411 g/mol. The zero-order valence-electron chi connectivity index (χ0n) is 16.6. The monoisotopic (exact) mass is 410 g/mol. The van der Waals surface area contributed by atoms with E-state index in [1.54, 1.807) is 24.3 Å². The molecule has 2 aromatic carbocycles. The van der Waals surface area contributed by atoms with Crippen LogP contribution in [0.4, 0.5) is 0 Å². The van der Waals surface area contributed by atoms with Gasteiger partial charge in [-0.05, 0) is 74.9 Å². The van der Waals surface area contributed by atoms with E-state index in [2.05, 4.69) is 9.88 Å². The van der Waals surface area contributed by atoms with Crippen LogP contribution in [0.5, 0.6) is 0 Å². The van der Waals surface area contributed by atoms with E-state index >= 15 is 0 Å². The van der Waals surface area contributed by atoms with Gasteiger partial charge in [0, 0.05) is 22.1 Å². The van der Waals surface area contributed by atoms with Crippen molar-refractivity contribution in [2.75, 3.05) is 6.61 Å². The number of esters is 1. The summed E-state index contributed by atoms with van der Waals surface area (Å²) in [6.07, 6.45) is 0. The first-order valence-corrected chi connectivity index (χ1v) is 9.70. The Bertz CT molecular complexity index is 988. The van der Waals surface area contributed by atoms with E-state index in [0.717, 1.165) is 22.6 Å². The highest BCUT2D eigenvalue weighted by atomic mass is 35.5. The van der Waals surface area contributed by atoms with Crippen molar-refractivity contribution < 1.29 is 14.3 Å². The van der Waals surface area contributed by atoms with Gasteiger partial charge in [-0.1, -0.05) is 23.7 Å². The molecule has 1 amide bonds. The maximum absolute atomic E-state index is 12.3. The first-order valence-electron chi connectivity index (χ1n) is 9.32. The van der Waals surface area contributed by atoms with Gasteiger partial charge in [-0.3, -0.25) is 4.79 Å². The quantitative estimate of drug-likeness (QED) is 0.595. The number of ether oxygens (including phenoxy) is 1. The molecular formula is C23H23ClN2O3. The summed E-state index contributed by atoms with van der Waals surface area (Å²) < 4.78 is 7.24. The molecule has 0 spiro atoms. The number of rotatable bonds is 6. The standard InChI is InChI=1S/C23H23ClN2O3/c1-15-4-5-16(2)26(15)21-12-8-19(9-13-21)23(28)29-14-22(27)25-17(3)18-6-10-20(24)11-7-18/h4-13,17H,14H2,1-3H3,(H,25,27)/t17-/m0/s1. The van der Waals surface area contributed by atoms with Crippen LogP contribution >= 0.6 is 11.6 Å². The van der Waals surface area contributed by atoms with Crippen molar-refractivity contribution in [3.05, 3.63) is 88.2 Å². The van der Waals surface area contributed by atoms with Crippen LogP contribution in [0.25, 0.3) is 5.69 Å². The second-order valence-electron chi connectivity index (χ2n) is 6.92. The molecule has 0 saturated carbocycles. The van der Waals surface area contributed by atoms with Crippen molar-refractivity contribution in [2.24, 2.45) is 0 Å². The molecule has 0 radical (unpaired) electrons. The lowest BCUT2D eigenvalue weighted by Gasteiger charge is -2.14. The lowest BCUT2D eigenvalue weighted by Crippen LogP contribution is -2.31. The second kappa shape index (κ2) is 8.97. The molecule has 1 aromatic heterocycles. The number of hydrogen-bond donors (Lipinski definition) is 1. The molecule has 1 N–H and O–H groups in total. The van der Waals surface area contributed by atoms with Crippen LogP contribution in [0.15, 0.2) is 60.7 Å². The minimum Gasteiger partial charge on any atom is -0.452 e. The predicted octanol–water partition coefficient (Wildman–Crippen LogP) is 4.78. The minimum atomic E-state index is -0.535. The van der Waals surface area contributed by atoms with Gasteiger partial charge in [-0.2, -0.15) is 0 Å². The summed E-state index contributed by atoms with van der Waals surface area (Å²) in [6.45, 7) is 5.57. The van der Waals surface area contributed by atoms with E-state index < -0.39 is 5.97 Å². The molecule has 150 valence electrons. The highest BCUT2D eigenvalue weighted by Crippen LogP contribution is 2.18. The summed E-state index contributed by atoms with van der Waals surface area (Å²) in [4.78, 5) is 24.3. The van der Waals surface area contributed by atoms with Crippen LogP contribution in [-0.4, -0.2) is 23.1 Å². The Balaban J connectivity index is 1.55. The van der Waals surface area contributed by atoms with Crippen LogP contribution in [0.1, 0.15) is 40.3 Å². The Morgan fingerprint density at radius 2 is 1.55 bits per heavy atom. The number of halogens is 1. The van der Waals surface area contributed by atoms with Crippen molar-refractivity contribution in [3.63, 3.8) is 0 Å². The summed E-state index contributed by atoms with van der Waals surface area (Å²) >= 11 is 5.87. The average Bonchev–Trinajstić information content (AvgIpc) is 3.05. The van der Waals surface area contributed by atoms with Crippen molar-refractivity contribution in [1.29, 1.82) is 0 Å². The Morgan fingerprint density at radius 3 is 2.14 bits per heavy atom. The van der Waals surface area contributed by atoms with Crippen LogP contribution < -0.4 is 5.32 Å². The van der Waals surface area contributed by atoms with E-state index in [0.29, 0.717) is 10.6 Å². The second-order valence-corrected chi connectivity index (χ2v) is 7.35. The maximum Gasteiger partial charge on any atom is 0.338 e. The van der Waals surface area contributed by atoms with E-state index in [9.17, 15) is 9.59 Å². The molecule has 0 aliphatic carbocycles. The number of nitrogens with zero attached hydrogens (tertiary/aromatic N) is 1. The first-order chi connectivity index (χ1) is 13.8. The number of aryl methyl sites for hydroxylation is 2. The van der Waals surface area contributed by atoms with E-state index in [1.807, 2.05) is 57.2 Å². The van der Waals surface area contributed by atoms with Crippen molar-refractivity contribution >= 4 is 23.5 Å². The molecule has 3 aromatic rings. The molecule has 3 rings (SSSR count). The van der Waals surface area contributed by atoms with Gasteiger partial charge in [0.1, 0.15) is 0 Å². The fourth-order valence-electron chi connectivity index (χ4n) is 3.15. The zero-order chi connectivity index (χ0) is 21.0. The number of hydrogen-bond acceptors (Lipinski definition) is 3. The maximum atomic E-state index is 12.3. The topological polar surface area (TPSA) is 60.3 Å². The molecule has 29 heavy (non-hydrogen) atoms. The van der Waals surface area contributed by atoms with Crippen LogP contribution in [0.3, 0.4) is 0 Å². The first kappa shape index (κ1) is 20.7. The number of carbonyl (C=O) groups excluding carboxylic acids is 2. The third-order valence-electron chi connectivity index (χ3n) is 4.71.